The van der Waals surface area contributed by atoms with E-state index in [4.69, 9.17) is 5.73 Å². The van der Waals surface area contributed by atoms with Crippen molar-refractivity contribution in [2.45, 2.75) is 12.8 Å². The third kappa shape index (κ3) is 3.86. The monoisotopic (exact) mass is 310 g/mol. The van der Waals surface area contributed by atoms with Crippen LogP contribution in [0.3, 0.4) is 0 Å². The van der Waals surface area contributed by atoms with Crippen LogP contribution in [0.5, 0.6) is 0 Å². The van der Waals surface area contributed by atoms with Crippen molar-refractivity contribution in [3.05, 3.63) is 18.1 Å². The van der Waals surface area contributed by atoms with E-state index in [1.165, 1.54) is 36.4 Å². The van der Waals surface area contributed by atoms with Crippen LogP contribution in [0.15, 0.2) is 22.6 Å². The zero-order valence-corrected chi connectivity index (χ0v) is 13.2. The van der Waals surface area contributed by atoms with E-state index in [0.29, 0.717) is 11.5 Å². The first kappa shape index (κ1) is 15.1. The lowest BCUT2D eigenvalue weighted by Crippen LogP contribution is -2.22. The molecule has 1 aromatic rings. The summed E-state index contributed by atoms with van der Waals surface area (Å²) >= 11 is 3.07. The first-order valence-corrected chi connectivity index (χ1v) is 8.76. The average molecular weight is 310 g/mol. The molecule has 1 aromatic heterocycles. The van der Waals surface area contributed by atoms with Gasteiger partial charge < -0.3 is 10.6 Å². The number of thioether (sulfide) groups is 2. The zero-order valence-electron chi connectivity index (χ0n) is 11.6. The molecule has 1 aliphatic rings. The summed E-state index contributed by atoms with van der Waals surface area (Å²) in [5, 5.41) is 8.11. The predicted molar refractivity (Wildman–Crippen MR) is 88.7 cm³/mol. The number of amidine groups is 1. The van der Waals surface area contributed by atoms with Gasteiger partial charge in [-0.3, -0.25) is 4.98 Å². The Balaban J connectivity index is 2.17. The number of nitrogens with zero attached hydrogens (tertiary/aromatic N) is 5. The van der Waals surface area contributed by atoms with Crippen LogP contribution in [0, 0.1) is 0 Å². The van der Waals surface area contributed by atoms with Crippen molar-refractivity contribution in [1.29, 1.82) is 0 Å². The van der Waals surface area contributed by atoms with Crippen molar-refractivity contribution < 1.29 is 0 Å². The summed E-state index contributed by atoms with van der Waals surface area (Å²) in [5.74, 6) is 1.15. The van der Waals surface area contributed by atoms with Crippen molar-refractivity contribution in [3.8, 4) is 0 Å². The molecule has 108 valence electrons. The van der Waals surface area contributed by atoms with Gasteiger partial charge in [-0.05, 0) is 25.4 Å². The molecule has 0 amide bonds. The molecule has 6 nitrogen and oxygen atoms in total. The highest BCUT2D eigenvalue weighted by molar-refractivity contribution is 8.38. The average Bonchev–Trinajstić information content (AvgIpc) is 3.02. The highest BCUT2D eigenvalue weighted by Crippen LogP contribution is 2.16. The molecule has 0 spiro atoms. The van der Waals surface area contributed by atoms with E-state index in [9.17, 15) is 0 Å². The van der Waals surface area contributed by atoms with Crippen molar-refractivity contribution in [1.82, 2.24) is 9.97 Å². The summed E-state index contributed by atoms with van der Waals surface area (Å²) in [6.45, 7) is 2.05. The smallest absolute Gasteiger partial charge is 0.173 e. The standard InChI is InChI=1S/C12H18N6S2/c1-19-12(20-2)17-16-11(13)9-7-14-8-10(15-9)18-5-3-4-6-18/h7-8H,3-6H2,1-2H3,(H2,13,16). The molecule has 0 aliphatic carbocycles. The molecule has 0 saturated carbocycles. The molecule has 2 rings (SSSR count). The Bertz CT molecular complexity index is 504. The van der Waals surface area contributed by atoms with E-state index in [1.54, 1.807) is 12.4 Å². The van der Waals surface area contributed by atoms with Crippen LogP contribution < -0.4 is 10.6 Å². The first-order chi connectivity index (χ1) is 9.74. The quantitative estimate of drug-likeness (QED) is 0.521. The number of hydrogen-bond acceptors (Lipinski definition) is 7. The topological polar surface area (TPSA) is 79.8 Å². The number of rotatable bonds is 3. The molecule has 0 aromatic carbocycles. The Morgan fingerprint density at radius 2 is 1.90 bits per heavy atom. The number of nitrogens with two attached hydrogens (primary N) is 1. The third-order valence-electron chi connectivity index (χ3n) is 2.90. The Morgan fingerprint density at radius 3 is 2.55 bits per heavy atom. The normalized spacial score (nSPS) is 15.5. The van der Waals surface area contributed by atoms with Crippen molar-refractivity contribution in [3.63, 3.8) is 0 Å². The molecule has 20 heavy (non-hydrogen) atoms. The second-order valence-corrected chi connectivity index (χ2v) is 6.06. The lowest BCUT2D eigenvalue weighted by Gasteiger charge is -2.15. The van der Waals surface area contributed by atoms with Gasteiger partial charge in [-0.1, -0.05) is 0 Å². The van der Waals surface area contributed by atoms with Crippen molar-refractivity contribution >= 4 is 39.6 Å². The molecule has 0 bridgehead atoms. The van der Waals surface area contributed by atoms with E-state index in [2.05, 4.69) is 25.1 Å². The van der Waals surface area contributed by atoms with Gasteiger partial charge in [0.2, 0.25) is 0 Å². The second-order valence-electron chi connectivity index (χ2n) is 4.22. The number of hydrogen-bond donors (Lipinski definition) is 1. The minimum absolute atomic E-state index is 0.291. The van der Waals surface area contributed by atoms with Crippen molar-refractivity contribution in [2.75, 3.05) is 30.5 Å². The van der Waals surface area contributed by atoms with Gasteiger partial charge >= 0.3 is 0 Å². The summed E-state index contributed by atoms with van der Waals surface area (Å²) in [6, 6.07) is 0. The molecule has 0 atom stereocenters. The molecule has 0 unspecified atom stereocenters. The van der Waals surface area contributed by atoms with Gasteiger partial charge in [-0.25, -0.2) is 4.98 Å². The maximum absolute atomic E-state index is 5.92. The summed E-state index contributed by atoms with van der Waals surface area (Å²) in [6.07, 6.45) is 9.69. The van der Waals surface area contributed by atoms with Crippen molar-refractivity contribution in [2.24, 2.45) is 15.9 Å². The maximum Gasteiger partial charge on any atom is 0.173 e. The van der Waals surface area contributed by atoms with Crippen LogP contribution in [0.4, 0.5) is 5.82 Å². The summed E-state index contributed by atoms with van der Waals surface area (Å²) in [4.78, 5) is 10.9. The Kier molecular flexibility index (Phi) is 5.66. The van der Waals surface area contributed by atoms with Crippen LogP contribution in [-0.4, -0.2) is 45.8 Å². The molecule has 2 heterocycles. The van der Waals surface area contributed by atoms with Crippen LogP contribution in [-0.2, 0) is 0 Å². The second kappa shape index (κ2) is 7.49. The minimum atomic E-state index is 0.291. The highest BCUT2D eigenvalue weighted by atomic mass is 32.2. The van der Waals surface area contributed by atoms with Gasteiger partial charge in [-0.2, -0.15) is 0 Å². The van der Waals surface area contributed by atoms with Gasteiger partial charge in [-0.15, -0.1) is 33.7 Å². The summed E-state index contributed by atoms with van der Waals surface area (Å²) in [5.41, 5.74) is 6.49. The van der Waals surface area contributed by atoms with Gasteiger partial charge in [0.1, 0.15) is 11.5 Å². The third-order valence-corrected chi connectivity index (χ3v) is 4.76. The summed E-state index contributed by atoms with van der Waals surface area (Å²) < 4.78 is 0.858. The fourth-order valence-corrected chi connectivity index (χ4v) is 2.80. The van der Waals surface area contributed by atoms with E-state index in [1.807, 2.05) is 12.5 Å². The fourth-order valence-electron chi connectivity index (χ4n) is 1.89. The lowest BCUT2D eigenvalue weighted by molar-refractivity contribution is 0.923. The molecular formula is C12H18N6S2. The first-order valence-electron chi connectivity index (χ1n) is 6.31. The Morgan fingerprint density at radius 1 is 1.20 bits per heavy atom. The molecule has 1 fully saturated rings. The minimum Gasteiger partial charge on any atom is -0.380 e. The molecule has 8 heteroatoms. The van der Waals surface area contributed by atoms with E-state index >= 15 is 0 Å². The molecule has 1 saturated heterocycles. The van der Waals surface area contributed by atoms with E-state index < -0.39 is 0 Å². The lowest BCUT2D eigenvalue weighted by atomic mass is 10.4. The van der Waals surface area contributed by atoms with Gasteiger partial charge in [0.25, 0.3) is 0 Å². The van der Waals surface area contributed by atoms with E-state index in [0.717, 1.165) is 23.3 Å². The molecule has 1 aliphatic heterocycles. The molecule has 2 N–H and O–H groups in total. The van der Waals surface area contributed by atoms with Crippen LogP contribution in [0.25, 0.3) is 0 Å². The highest BCUT2D eigenvalue weighted by Gasteiger charge is 2.14. The van der Waals surface area contributed by atoms with E-state index in [-0.39, 0.29) is 0 Å². The van der Waals surface area contributed by atoms with Gasteiger partial charge in [0.15, 0.2) is 10.2 Å². The van der Waals surface area contributed by atoms with Crippen LogP contribution in [0.2, 0.25) is 0 Å². The Hall–Kier alpha value is -1.28. The Labute approximate surface area is 127 Å². The largest absolute Gasteiger partial charge is 0.380 e. The predicted octanol–water partition coefficient (Wildman–Crippen LogP) is 1.78. The van der Waals surface area contributed by atoms with Crippen LogP contribution >= 0.6 is 23.5 Å². The zero-order chi connectivity index (χ0) is 14.4. The fraction of sp³-hybridized carbons (Fsp3) is 0.500. The van der Waals surface area contributed by atoms with Crippen LogP contribution in [0.1, 0.15) is 18.5 Å². The maximum atomic E-state index is 5.92. The summed E-state index contributed by atoms with van der Waals surface area (Å²) in [7, 11) is 0. The number of anilines is 1. The molecule has 0 radical (unpaired) electrons. The SMILES string of the molecule is CSC(=N/N=C(/N)c1cncc(N2CCCC2)n1)SC. The van der Waals surface area contributed by atoms with Gasteiger partial charge in [0.05, 0.1) is 12.4 Å². The van der Waals surface area contributed by atoms with Gasteiger partial charge in [0, 0.05) is 13.1 Å². The molecular weight excluding hydrogens is 292 g/mol. The number of aromatic nitrogens is 2.